The van der Waals surface area contributed by atoms with Gasteiger partial charge in [0, 0.05) is 45.1 Å². The van der Waals surface area contributed by atoms with Crippen LogP contribution < -0.4 is 10.6 Å². The third kappa shape index (κ3) is 4.02. The van der Waals surface area contributed by atoms with E-state index >= 15 is 0 Å². The van der Waals surface area contributed by atoms with Crippen molar-refractivity contribution in [1.29, 1.82) is 0 Å². The van der Waals surface area contributed by atoms with Gasteiger partial charge in [0.25, 0.3) is 0 Å². The number of amidine groups is 1. The molecule has 0 bridgehead atoms. The molecule has 0 atom stereocenters. The summed E-state index contributed by atoms with van der Waals surface area (Å²) in [5.41, 5.74) is 5.32. The van der Waals surface area contributed by atoms with E-state index in [1.165, 1.54) is 6.20 Å². The van der Waals surface area contributed by atoms with Crippen molar-refractivity contribution >= 4 is 11.7 Å². The maximum Gasteiger partial charge on any atom is 0.192 e. The molecule has 1 aliphatic heterocycles. The van der Waals surface area contributed by atoms with Gasteiger partial charge in [-0.1, -0.05) is 5.16 Å². The highest BCUT2D eigenvalue weighted by atomic mass is 16.4. The lowest BCUT2D eigenvalue weighted by atomic mass is 10.1. The number of oxime groups is 1. The third-order valence-electron chi connectivity index (χ3n) is 3.31. The zero-order valence-corrected chi connectivity index (χ0v) is 12.4. The first-order chi connectivity index (χ1) is 9.90. The molecular weight excluding hydrogens is 272 g/mol. The van der Waals surface area contributed by atoms with Crippen molar-refractivity contribution in [3.8, 4) is 0 Å². The molecule has 0 aromatic carbocycles. The number of nitrogens with zero attached hydrogens (tertiary/aromatic N) is 5. The number of anilines is 1. The fraction of sp³-hybridized carbons (Fsp3) is 0.615. The van der Waals surface area contributed by atoms with Gasteiger partial charge in [0.2, 0.25) is 0 Å². The molecule has 0 saturated carbocycles. The molecule has 1 aromatic heterocycles. The van der Waals surface area contributed by atoms with Crippen LogP contribution in [0.15, 0.2) is 17.5 Å². The summed E-state index contributed by atoms with van der Waals surface area (Å²) in [5.74, 6) is 0.577. The van der Waals surface area contributed by atoms with Gasteiger partial charge in [-0.25, -0.2) is 9.97 Å². The van der Waals surface area contributed by atoms with Crippen LogP contribution in [0.3, 0.4) is 0 Å². The van der Waals surface area contributed by atoms with E-state index in [1.807, 2.05) is 0 Å². The highest BCUT2D eigenvalue weighted by Gasteiger charge is 2.25. The van der Waals surface area contributed by atoms with Crippen LogP contribution >= 0.6 is 0 Å². The topological polar surface area (TPSA) is 111 Å². The molecule has 4 N–H and O–H groups in total. The Morgan fingerprint density at radius 2 is 1.90 bits per heavy atom. The van der Waals surface area contributed by atoms with Gasteiger partial charge in [0.15, 0.2) is 17.3 Å². The molecule has 0 amide bonds. The van der Waals surface area contributed by atoms with E-state index in [2.05, 4.69) is 24.9 Å². The number of β-amino-alcohol motifs (C(OH)–C–C–N with tert-alkyl or cyclic N) is 1. The van der Waals surface area contributed by atoms with E-state index < -0.39 is 5.60 Å². The first-order valence-corrected chi connectivity index (χ1v) is 6.89. The molecule has 116 valence electrons. The molecule has 1 fully saturated rings. The summed E-state index contributed by atoms with van der Waals surface area (Å²) in [6.07, 6.45) is 3.11. The number of hydrogen-bond donors (Lipinski definition) is 3. The molecule has 1 aliphatic rings. The Bertz CT molecular complexity index is 506. The summed E-state index contributed by atoms with van der Waals surface area (Å²) in [4.78, 5) is 12.7. The average Bonchev–Trinajstić information content (AvgIpc) is 2.45. The fourth-order valence-electron chi connectivity index (χ4n) is 2.46. The predicted molar refractivity (Wildman–Crippen MR) is 79.5 cm³/mol. The summed E-state index contributed by atoms with van der Waals surface area (Å²) in [7, 11) is 0. The van der Waals surface area contributed by atoms with Gasteiger partial charge in [0.05, 0.1) is 5.60 Å². The van der Waals surface area contributed by atoms with Crippen molar-refractivity contribution in [2.75, 3.05) is 37.6 Å². The third-order valence-corrected chi connectivity index (χ3v) is 3.31. The number of aromatic nitrogens is 2. The summed E-state index contributed by atoms with van der Waals surface area (Å²) in [5, 5.41) is 21.7. The van der Waals surface area contributed by atoms with E-state index in [1.54, 1.807) is 20.0 Å². The molecule has 8 heteroatoms. The van der Waals surface area contributed by atoms with Crippen molar-refractivity contribution in [3.05, 3.63) is 18.1 Å². The van der Waals surface area contributed by atoms with Gasteiger partial charge in [-0.2, -0.15) is 0 Å². The minimum Gasteiger partial charge on any atom is -0.409 e. The lowest BCUT2D eigenvalue weighted by molar-refractivity contribution is 0.0344. The highest BCUT2D eigenvalue weighted by molar-refractivity contribution is 5.99. The number of piperazine rings is 1. The van der Waals surface area contributed by atoms with Gasteiger partial charge in [-0.05, 0) is 13.8 Å². The van der Waals surface area contributed by atoms with Crippen LogP contribution in [-0.2, 0) is 0 Å². The first-order valence-electron chi connectivity index (χ1n) is 6.89. The van der Waals surface area contributed by atoms with Crippen molar-refractivity contribution < 1.29 is 10.3 Å². The molecule has 0 radical (unpaired) electrons. The van der Waals surface area contributed by atoms with Gasteiger partial charge in [-0.3, -0.25) is 4.90 Å². The van der Waals surface area contributed by atoms with Gasteiger partial charge in [-0.15, -0.1) is 0 Å². The van der Waals surface area contributed by atoms with E-state index in [0.29, 0.717) is 18.1 Å². The second-order valence-corrected chi connectivity index (χ2v) is 5.79. The van der Waals surface area contributed by atoms with Crippen LogP contribution in [0.2, 0.25) is 0 Å². The van der Waals surface area contributed by atoms with Crippen LogP contribution in [0.5, 0.6) is 0 Å². The molecule has 21 heavy (non-hydrogen) atoms. The zero-order valence-electron chi connectivity index (χ0n) is 12.4. The zero-order chi connectivity index (χ0) is 15.5. The van der Waals surface area contributed by atoms with Gasteiger partial charge in [0.1, 0.15) is 0 Å². The Morgan fingerprint density at radius 1 is 1.29 bits per heavy atom. The minimum absolute atomic E-state index is 0.0444. The lowest BCUT2D eigenvalue weighted by Crippen LogP contribution is -2.51. The number of hydrogen-bond acceptors (Lipinski definition) is 7. The van der Waals surface area contributed by atoms with E-state index in [0.717, 1.165) is 26.2 Å². The largest absolute Gasteiger partial charge is 0.409 e. The number of rotatable bonds is 4. The Hall–Kier alpha value is -1.93. The van der Waals surface area contributed by atoms with Crippen LogP contribution in [0.4, 0.5) is 5.82 Å². The Morgan fingerprint density at radius 3 is 2.48 bits per heavy atom. The Labute approximate surface area is 123 Å². The fourth-order valence-corrected chi connectivity index (χ4v) is 2.46. The van der Waals surface area contributed by atoms with Crippen LogP contribution in [0.25, 0.3) is 0 Å². The van der Waals surface area contributed by atoms with Gasteiger partial charge >= 0.3 is 0 Å². The molecule has 0 aliphatic carbocycles. The number of nitrogens with two attached hydrogens (primary N) is 1. The van der Waals surface area contributed by atoms with Gasteiger partial charge < -0.3 is 20.9 Å². The molecule has 1 saturated heterocycles. The van der Waals surface area contributed by atoms with E-state index in [-0.39, 0.29) is 5.84 Å². The Kier molecular flexibility index (Phi) is 4.59. The maximum atomic E-state index is 9.86. The van der Waals surface area contributed by atoms with Crippen molar-refractivity contribution in [2.45, 2.75) is 19.4 Å². The van der Waals surface area contributed by atoms with Crippen LogP contribution in [0.1, 0.15) is 19.5 Å². The van der Waals surface area contributed by atoms with E-state index in [4.69, 9.17) is 10.9 Å². The molecule has 0 unspecified atom stereocenters. The number of aliphatic hydroxyl groups is 1. The lowest BCUT2D eigenvalue weighted by Gasteiger charge is -2.38. The normalized spacial score (nSPS) is 18.0. The van der Waals surface area contributed by atoms with Crippen molar-refractivity contribution in [2.24, 2.45) is 10.9 Å². The van der Waals surface area contributed by atoms with Crippen molar-refractivity contribution in [3.63, 3.8) is 0 Å². The predicted octanol–water partition coefficient (Wildman–Crippen LogP) is -0.536. The molecule has 1 aromatic rings. The molecular formula is C13H22N6O2. The SMILES string of the molecule is CC(C)(O)CN1CCN(c2nccnc2C(N)=NO)CC1. The minimum atomic E-state index is -0.701. The molecule has 2 rings (SSSR count). The smallest absolute Gasteiger partial charge is 0.192 e. The second-order valence-electron chi connectivity index (χ2n) is 5.79. The van der Waals surface area contributed by atoms with Crippen LogP contribution in [-0.4, -0.2) is 69.3 Å². The Balaban J connectivity index is 2.06. The van der Waals surface area contributed by atoms with E-state index in [9.17, 15) is 5.11 Å². The monoisotopic (exact) mass is 294 g/mol. The quantitative estimate of drug-likeness (QED) is 0.296. The van der Waals surface area contributed by atoms with Crippen molar-refractivity contribution in [1.82, 2.24) is 14.9 Å². The first kappa shape index (κ1) is 15.5. The molecule has 2 heterocycles. The summed E-state index contributed by atoms with van der Waals surface area (Å²) in [6.45, 7) is 7.37. The molecule has 0 spiro atoms. The second kappa shape index (κ2) is 6.23. The average molecular weight is 294 g/mol. The maximum absolute atomic E-state index is 9.86. The standard InChI is InChI=1S/C13H22N6O2/c1-13(2,20)9-18-5-7-19(8-6-18)12-10(11(14)17-21)15-3-4-16-12/h3-4,20-21H,5-9H2,1-2H3,(H2,14,17). The summed E-state index contributed by atoms with van der Waals surface area (Å²) >= 11 is 0. The molecule has 8 nitrogen and oxygen atoms in total. The highest BCUT2D eigenvalue weighted by Crippen LogP contribution is 2.17. The van der Waals surface area contributed by atoms with Crippen LogP contribution in [0, 0.1) is 0 Å². The summed E-state index contributed by atoms with van der Waals surface area (Å²) < 4.78 is 0. The summed E-state index contributed by atoms with van der Waals surface area (Å²) in [6, 6.07) is 0.